The van der Waals surface area contributed by atoms with Crippen LogP contribution in [0.1, 0.15) is 16.8 Å². The lowest BCUT2D eigenvalue weighted by atomic mass is 10.1. The maximum absolute atomic E-state index is 11.8. The smallest absolute Gasteiger partial charge is 0.171 e. The Balaban J connectivity index is 3.15. The zero-order chi connectivity index (χ0) is 11.3. The highest BCUT2D eigenvalue weighted by Crippen LogP contribution is 2.29. The molecule has 1 rings (SSSR count). The molecular weight excluding hydrogens is 260 g/mol. The molecule has 0 unspecified atom stereocenters. The van der Waals surface area contributed by atoms with E-state index in [4.69, 9.17) is 9.47 Å². The first-order chi connectivity index (χ1) is 7.24. The molecule has 4 heteroatoms. The predicted molar refractivity (Wildman–Crippen MR) is 62.3 cm³/mol. The third kappa shape index (κ3) is 2.72. The Bertz CT molecular complexity index is 327. The van der Waals surface area contributed by atoms with Crippen molar-refractivity contribution in [1.82, 2.24) is 0 Å². The van der Waals surface area contributed by atoms with E-state index in [1.54, 1.807) is 32.4 Å². The highest BCUT2D eigenvalue weighted by Gasteiger charge is 2.16. The summed E-state index contributed by atoms with van der Waals surface area (Å²) >= 11 is 3.24. The first-order valence-corrected chi connectivity index (χ1v) is 5.67. The zero-order valence-corrected chi connectivity index (χ0v) is 10.3. The van der Waals surface area contributed by atoms with E-state index in [1.807, 2.05) is 0 Å². The molecule has 0 bridgehead atoms. The summed E-state index contributed by atoms with van der Waals surface area (Å²) in [7, 11) is 3.08. The first kappa shape index (κ1) is 12.0. The van der Waals surface area contributed by atoms with Crippen LogP contribution in [0.4, 0.5) is 0 Å². The normalized spacial score (nSPS) is 9.80. The van der Waals surface area contributed by atoms with Crippen LogP contribution < -0.4 is 9.47 Å². The van der Waals surface area contributed by atoms with Crippen molar-refractivity contribution >= 4 is 21.7 Å². The fraction of sp³-hybridized carbons (Fsp3) is 0.364. The maximum atomic E-state index is 11.8. The van der Waals surface area contributed by atoms with Gasteiger partial charge in [-0.2, -0.15) is 0 Å². The summed E-state index contributed by atoms with van der Waals surface area (Å²) in [6.07, 6.45) is 0.427. The van der Waals surface area contributed by atoms with Gasteiger partial charge in [-0.25, -0.2) is 0 Å². The number of carbonyl (C=O) groups excluding carboxylic acids is 1. The Morgan fingerprint density at radius 3 is 2.20 bits per heavy atom. The molecule has 0 fully saturated rings. The van der Waals surface area contributed by atoms with Gasteiger partial charge in [-0.15, -0.1) is 0 Å². The number of alkyl halides is 1. The summed E-state index contributed by atoms with van der Waals surface area (Å²) in [5, 5.41) is 0.632. The number of ether oxygens (including phenoxy) is 2. The average molecular weight is 273 g/mol. The molecule has 0 saturated carbocycles. The van der Waals surface area contributed by atoms with E-state index in [0.29, 0.717) is 28.8 Å². The third-order valence-corrected chi connectivity index (χ3v) is 2.42. The fourth-order valence-corrected chi connectivity index (χ4v) is 1.70. The van der Waals surface area contributed by atoms with E-state index in [9.17, 15) is 4.79 Å². The van der Waals surface area contributed by atoms with Gasteiger partial charge in [0.25, 0.3) is 0 Å². The minimum atomic E-state index is 0.0150. The van der Waals surface area contributed by atoms with Gasteiger partial charge < -0.3 is 9.47 Å². The van der Waals surface area contributed by atoms with Crippen LogP contribution >= 0.6 is 15.9 Å². The van der Waals surface area contributed by atoms with E-state index in [-0.39, 0.29) is 5.78 Å². The number of Topliss-reactive ketones (excluding diaryl/α,β-unsaturated/α-hetero) is 1. The van der Waals surface area contributed by atoms with Gasteiger partial charge in [0.2, 0.25) is 0 Å². The molecule has 0 N–H and O–H groups in total. The molecule has 1 aromatic rings. The van der Waals surface area contributed by atoms with Gasteiger partial charge in [-0.05, 0) is 12.1 Å². The molecule has 0 heterocycles. The standard InChI is InChI=1S/C11H13BrO3/c1-14-9-4-3-5-10(15-2)11(9)8(13)6-7-12/h3-5H,6-7H2,1-2H3. The van der Waals surface area contributed by atoms with E-state index >= 15 is 0 Å². The van der Waals surface area contributed by atoms with Crippen molar-refractivity contribution in [1.29, 1.82) is 0 Å². The van der Waals surface area contributed by atoms with Crippen LogP contribution in [-0.4, -0.2) is 25.3 Å². The van der Waals surface area contributed by atoms with Gasteiger partial charge in [0.1, 0.15) is 17.1 Å². The van der Waals surface area contributed by atoms with Gasteiger partial charge in [0.15, 0.2) is 5.78 Å². The monoisotopic (exact) mass is 272 g/mol. The SMILES string of the molecule is COc1cccc(OC)c1C(=O)CCBr. The number of carbonyl (C=O) groups is 1. The van der Waals surface area contributed by atoms with Crippen LogP contribution in [0.15, 0.2) is 18.2 Å². The lowest BCUT2D eigenvalue weighted by Gasteiger charge is -2.11. The summed E-state index contributed by atoms with van der Waals surface area (Å²) in [6, 6.07) is 5.30. The van der Waals surface area contributed by atoms with Gasteiger partial charge in [-0.1, -0.05) is 22.0 Å². The molecule has 0 atom stereocenters. The highest BCUT2D eigenvalue weighted by molar-refractivity contribution is 9.09. The Morgan fingerprint density at radius 1 is 1.27 bits per heavy atom. The molecule has 3 nitrogen and oxygen atoms in total. The molecule has 82 valence electrons. The van der Waals surface area contributed by atoms with Crippen molar-refractivity contribution in [2.75, 3.05) is 19.5 Å². The molecule has 0 aromatic heterocycles. The average Bonchev–Trinajstić information content (AvgIpc) is 2.28. The van der Waals surface area contributed by atoms with Crippen LogP contribution in [0.25, 0.3) is 0 Å². The van der Waals surface area contributed by atoms with Crippen LogP contribution in [0.3, 0.4) is 0 Å². The van der Waals surface area contributed by atoms with Crippen molar-refractivity contribution in [2.24, 2.45) is 0 Å². The van der Waals surface area contributed by atoms with Crippen LogP contribution in [0, 0.1) is 0 Å². The fourth-order valence-electron chi connectivity index (χ4n) is 1.34. The highest BCUT2D eigenvalue weighted by atomic mass is 79.9. The first-order valence-electron chi connectivity index (χ1n) is 4.54. The molecular formula is C11H13BrO3. The summed E-state index contributed by atoms with van der Waals surface area (Å²) < 4.78 is 10.3. The minimum Gasteiger partial charge on any atom is -0.496 e. The Kier molecular flexibility index (Phi) is 4.62. The number of rotatable bonds is 5. The van der Waals surface area contributed by atoms with Crippen molar-refractivity contribution in [3.8, 4) is 11.5 Å². The Labute approximate surface area is 97.5 Å². The largest absolute Gasteiger partial charge is 0.496 e. The number of methoxy groups -OCH3 is 2. The van der Waals surface area contributed by atoms with E-state index in [0.717, 1.165) is 0 Å². The number of halogens is 1. The second-order valence-corrected chi connectivity index (χ2v) is 3.69. The number of hydrogen-bond donors (Lipinski definition) is 0. The van der Waals surface area contributed by atoms with Crippen molar-refractivity contribution < 1.29 is 14.3 Å². The number of ketones is 1. The molecule has 0 aliphatic rings. The summed E-state index contributed by atoms with van der Waals surface area (Å²) in [5.41, 5.74) is 0.516. The number of hydrogen-bond acceptors (Lipinski definition) is 3. The second-order valence-electron chi connectivity index (χ2n) is 2.90. The van der Waals surface area contributed by atoms with Gasteiger partial charge in [0, 0.05) is 11.8 Å². The molecule has 0 aliphatic heterocycles. The molecule has 15 heavy (non-hydrogen) atoms. The summed E-state index contributed by atoms with van der Waals surface area (Å²) in [4.78, 5) is 11.8. The lowest BCUT2D eigenvalue weighted by molar-refractivity contribution is 0.0984. The second kappa shape index (κ2) is 5.75. The van der Waals surface area contributed by atoms with E-state index in [2.05, 4.69) is 15.9 Å². The molecule has 1 aromatic carbocycles. The molecule has 0 saturated heterocycles. The summed E-state index contributed by atoms with van der Waals surface area (Å²) in [5.74, 6) is 1.13. The minimum absolute atomic E-state index is 0.0150. The Morgan fingerprint density at radius 2 is 1.80 bits per heavy atom. The molecule has 0 aliphatic carbocycles. The zero-order valence-electron chi connectivity index (χ0n) is 8.75. The van der Waals surface area contributed by atoms with Crippen LogP contribution in [0.5, 0.6) is 11.5 Å². The van der Waals surface area contributed by atoms with Crippen LogP contribution in [-0.2, 0) is 0 Å². The van der Waals surface area contributed by atoms with E-state index < -0.39 is 0 Å². The maximum Gasteiger partial charge on any atom is 0.171 e. The van der Waals surface area contributed by atoms with Crippen LogP contribution in [0.2, 0.25) is 0 Å². The molecule has 0 radical (unpaired) electrons. The van der Waals surface area contributed by atoms with Gasteiger partial charge in [-0.3, -0.25) is 4.79 Å². The van der Waals surface area contributed by atoms with Crippen molar-refractivity contribution in [3.05, 3.63) is 23.8 Å². The Hall–Kier alpha value is -1.03. The molecule has 0 amide bonds. The predicted octanol–water partition coefficient (Wildman–Crippen LogP) is 2.67. The quantitative estimate of drug-likeness (QED) is 0.611. The van der Waals surface area contributed by atoms with Crippen molar-refractivity contribution in [3.63, 3.8) is 0 Å². The third-order valence-electron chi connectivity index (χ3n) is 2.03. The van der Waals surface area contributed by atoms with Gasteiger partial charge >= 0.3 is 0 Å². The summed E-state index contributed by atoms with van der Waals surface area (Å²) in [6.45, 7) is 0. The van der Waals surface area contributed by atoms with E-state index in [1.165, 1.54) is 0 Å². The van der Waals surface area contributed by atoms with Crippen molar-refractivity contribution in [2.45, 2.75) is 6.42 Å². The topological polar surface area (TPSA) is 35.5 Å². The lowest BCUT2D eigenvalue weighted by Crippen LogP contribution is -2.05. The van der Waals surface area contributed by atoms with Gasteiger partial charge in [0.05, 0.1) is 14.2 Å². The molecule has 0 spiro atoms. The number of benzene rings is 1.